The number of nitrogens with zero attached hydrogens (tertiary/aromatic N) is 1. The van der Waals surface area contributed by atoms with E-state index in [1.165, 1.54) is 19.3 Å². The van der Waals surface area contributed by atoms with E-state index in [2.05, 4.69) is 17.2 Å². The van der Waals surface area contributed by atoms with Gasteiger partial charge in [-0.3, -0.25) is 0 Å². The number of aliphatic imine (C=N–C) groups is 1. The molecule has 0 atom stereocenters. The second-order valence-electron chi connectivity index (χ2n) is 5.23. The third-order valence-corrected chi connectivity index (χ3v) is 3.63. The zero-order valence-corrected chi connectivity index (χ0v) is 15.1. The minimum Gasteiger partial charge on any atom is -0.493 e. The normalized spacial score (nSPS) is 11.4. The fraction of sp³-hybridized carbons (Fsp3) is 0.588. The van der Waals surface area contributed by atoms with Crippen molar-refractivity contribution in [3.8, 4) is 11.5 Å². The lowest BCUT2D eigenvalue weighted by Crippen LogP contribution is -2.32. The van der Waals surface area contributed by atoms with Gasteiger partial charge in [0.1, 0.15) is 0 Å². The van der Waals surface area contributed by atoms with Crippen LogP contribution in [0.2, 0.25) is 5.02 Å². The molecule has 0 saturated heterocycles. The Kier molecular flexibility index (Phi) is 9.29. The van der Waals surface area contributed by atoms with Gasteiger partial charge in [-0.05, 0) is 31.0 Å². The first-order valence-corrected chi connectivity index (χ1v) is 8.53. The predicted octanol–water partition coefficient (Wildman–Crippen LogP) is 3.73. The van der Waals surface area contributed by atoms with Crippen LogP contribution in [0.4, 0.5) is 0 Å². The number of hydrogen-bond acceptors (Lipinski definition) is 3. The molecule has 0 bridgehead atoms. The van der Waals surface area contributed by atoms with E-state index < -0.39 is 0 Å². The topological polar surface area (TPSA) is 68.9 Å². The van der Waals surface area contributed by atoms with Crippen LogP contribution in [0, 0.1) is 0 Å². The summed E-state index contributed by atoms with van der Waals surface area (Å²) in [5, 5.41) is 3.64. The van der Waals surface area contributed by atoms with Gasteiger partial charge in [0, 0.05) is 6.54 Å². The van der Waals surface area contributed by atoms with Gasteiger partial charge in [0.15, 0.2) is 17.5 Å². The molecule has 0 spiro atoms. The second-order valence-corrected chi connectivity index (χ2v) is 5.64. The highest BCUT2D eigenvalue weighted by Crippen LogP contribution is 2.36. The smallest absolute Gasteiger partial charge is 0.188 e. The Morgan fingerprint density at radius 1 is 1.26 bits per heavy atom. The quantitative estimate of drug-likeness (QED) is 0.386. The molecule has 0 heterocycles. The van der Waals surface area contributed by atoms with Crippen LogP contribution in [-0.2, 0) is 6.54 Å². The summed E-state index contributed by atoms with van der Waals surface area (Å²) < 4.78 is 10.8. The lowest BCUT2D eigenvalue weighted by molar-refractivity contribution is 0.311. The highest BCUT2D eigenvalue weighted by Gasteiger charge is 2.11. The first-order chi connectivity index (χ1) is 11.1. The number of rotatable bonds is 10. The molecule has 130 valence electrons. The lowest BCUT2D eigenvalue weighted by atomic mass is 10.2. The first-order valence-electron chi connectivity index (χ1n) is 8.15. The SMILES string of the molecule is CCCCCCNC(N)=NCc1cc(Cl)c(OCC)c(OC)c1. The molecule has 0 aliphatic heterocycles. The second kappa shape index (κ2) is 11.0. The Bertz CT molecular complexity index is 507. The largest absolute Gasteiger partial charge is 0.493 e. The Morgan fingerprint density at radius 3 is 2.70 bits per heavy atom. The van der Waals surface area contributed by atoms with Crippen LogP contribution in [-0.4, -0.2) is 26.2 Å². The van der Waals surface area contributed by atoms with Gasteiger partial charge in [0.2, 0.25) is 0 Å². The molecule has 0 aromatic heterocycles. The van der Waals surface area contributed by atoms with Gasteiger partial charge in [0.25, 0.3) is 0 Å². The van der Waals surface area contributed by atoms with E-state index in [9.17, 15) is 0 Å². The number of nitrogens with one attached hydrogen (secondary N) is 1. The summed E-state index contributed by atoms with van der Waals surface area (Å²) in [5.74, 6) is 1.62. The number of halogens is 1. The van der Waals surface area contributed by atoms with Crippen molar-refractivity contribution in [1.82, 2.24) is 5.32 Å². The lowest BCUT2D eigenvalue weighted by Gasteiger charge is -2.12. The number of guanidine groups is 1. The maximum absolute atomic E-state index is 6.24. The molecule has 6 heteroatoms. The van der Waals surface area contributed by atoms with Crippen molar-refractivity contribution in [2.75, 3.05) is 20.3 Å². The number of ether oxygens (including phenoxy) is 2. The van der Waals surface area contributed by atoms with Crippen molar-refractivity contribution in [2.24, 2.45) is 10.7 Å². The molecule has 5 nitrogen and oxygen atoms in total. The summed E-state index contributed by atoms with van der Waals surface area (Å²) in [6.07, 6.45) is 4.79. The van der Waals surface area contributed by atoms with E-state index in [0.717, 1.165) is 18.5 Å². The summed E-state index contributed by atoms with van der Waals surface area (Å²) >= 11 is 6.24. The van der Waals surface area contributed by atoms with Gasteiger partial charge < -0.3 is 20.5 Å². The van der Waals surface area contributed by atoms with Gasteiger partial charge in [-0.15, -0.1) is 0 Å². The molecule has 1 rings (SSSR count). The monoisotopic (exact) mass is 341 g/mol. The van der Waals surface area contributed by atoms with Crippen LogP contribution in [0.25, 0.3) is 0 Å². The van der Waals surface area contributed by atoms with Crippen molar-refractivity contribution in [3.63, 3.8) is 0 Å². The van der Waals surface area contributed by atoms with E-state index >= 15 is 0 Å². The van der Waals surface area contributed by atoms with Crippen LogP contribution < -0.4 is 20.5 Å². The summed E-state index contributed by atoms with van der Waals surface area (Å²) in [7, 11) is 1.59. The van der Waals surface area contributed by atoms with Crippen LogP contribution >= 0.6 is 11.6 Å². The summed E-state index contributed by atoms with van der Waals surface area (Å²) in [5.41, 5.74) is 6.79. The molecular formula is C17H28ClN3O2. The minimum atomic E-state index is 0.441. The number of unbranched alkanes of at least 4 members (excludes halogenated alkanes) is 3. The molecule has 0 aliphatic rings. The Morgan fingerprint density at radius 2 is 2.04 bits per heavy atom. The zero-order chi connectivity index (χ0) is 17.1. The van der Waals surface area contributed by atoms with Crippen LogP contribution in [0.1, 0.15) is 45.1 Å². The van der Waals surface area contributed by atoms with Crippen molar-refractivity contribution >= 4 is 17.6 Å². The number of benzene rings is 1. The molecule has 0 amide bonds. The van der Waals surface area contributed by atoms with Gasteiger partial charge in [-0.1, -0.05) is 37.8 Å². The third kappa shape index (κ3) is 6.99. The van der Waals surface area contributed by atoms with Crippen LogP contribution in [0.15, 0.2) is 17.1 Å². The highest BCUT2D eigenvalue weighted by atomic mass is 35.5. The predicted molar refractivity (Wildman–Crippen MR) is 96.6 cm³/mol. The van der Waals surface area contributed by atoms with Crippen molar-refractivity contribution in [1.29, 1.82) is 0 Å². The fourth-order valence-electron chi connectivity index (χ4n) is 2.15. The number of nitrogens with two attached hydrogens (primary N) is 1. The maximum atomic E-state index is 6.24. The maximum Gasteiger partial charge on any atom is 0.188 e. The average molecular weight is 342 g/mol. The third-order valence-electron chi connectivity index (χ3n) is 3.35. The molecule has 0 aliphatic carbocycles. The minimum absolute atomic E-state index is 0.441. The molecule has 0 unspecified atom stereocenters. The molecule has 1 aromatic carbocycles. The Hall–Kier alpha value is -1.62. The Balaban J connectivity index is 2.59. The van der Waals surface area contributed by atoms with Crippen LogP contribution in [0.5, 0.6) is 11.5 Å². The molecule has 0 saturated carbocycles. The number of hydrogen-bond donors (Lipinski definition) is 2. The van der Waals surface area contributed by atoms with E-state index in [4.69, 9.17) is 26.8 Å². The standard InChI is InChI=1S/C17H28ClN3O2/c1-4-6-7-8-9-20-17(19)21-12-13-10-14(18)16(23-5-2)15(11-13)22-3/h10-11H,4-9,12H2,1-3H3,(H3,19,20,21). The summed E-state index contributed by atoms with van der Waals surface area (Å²) in [6, 6.07) is 3.70. The van der Waals surface area contributed by atoms with E-state index in [-0.39, 0.29) is 0 Å². The first kappa shape index (κ1) is 19.4. The zero-order valence-electron chi connectivity index (χ0n) is 14.3. The molecule has 23 heavy (non-hydrogen) atoms. The van der Waals surface area contributed by atoms with E-state index in [1.54, 1.807) is 7.11 Å². The van der Waals surface area contributed by atoms with E-state index in [0.29, 0.717) is 35.6 Å². The molecule has 3 N–H and O–H groups in total. The molecule has 0 radical (unpaired) electrons. The van der Waals surface area contributed by atoms with Gasteiger partial charge in [-0.25, -0.2) is 4.99 Å². The van der Waals surface area contributed by atoms with Gasteiger partial charge >= 0.3 is 0 Å². The van der Waals surface area contributed by atoms with Crippen LogP contribution in [0.3, 0.4) is 0 Å². The average Bonchev–Trinajstić information content (AvgIpc) is 2.54. The van der Waals surface area contributed by atoms with Crippen molar-refractivity contribution in [2.45, 2.75) is 46.1 Å². The van der Waals surface area contributed by atoms with Gasteiger partial charge in [0.05, 0.1) is 25.3 Å². The molecular weight excluding hydrogens is 314 g/mol. The van der Waals surface area contributed by atoms with Gasteiger partial charge in [-0.2, -0.15) is 0 Å². The number of methoxy groups -OCH3 is 1. The van der Waals surface area contributed by atoms with Crippen molar-refractivity contribution in [3.05, 3.63) is 22.7 Å². The summed E-state index contributed by atoms with van der Waals surface area (Å²) in [6.45, 7) is 5.92. The van der Waals surface area contributed by atoms with Crippen molar-refractivity contribution < 1.29 is 9.47 Å². The fourth-order valence-corrected chi connectivity index (χ4v) is 2.44. The summed E-state index contributed by atoms with van der Waals surface area (Å²) in [4.78, 5) is 4.33. The van der Waals surface area contributed by atoms with E-state index in [1.807, 2.05) is 19.1 Å². The molecule has 1 aromatic rings. The highest BCUT2D eigenvalue weighted by molar-refractivity contribution is 6.32. The molecule has 0 fully saturated rings. The Labute approximate surface area is 144 Å².